The zero-order valence-electron chi connectivity index (χ0n) is 42.5. The lowest BCUT2D eigenvalue weighted by atomic mass is 9.85. The number of rotatable bonds is 3. The molecule has 7 aromatic carbocycles. The van der Waals surface area contributed by atoms with E-state index in [4.69, 9.17) is 29.1 Å². The van der Waals surface area contributed by atoms with Crippen LogP contribution in [0.15, 0.2) is 149 Å². The van der Waals surface area contributed by atoms with Crippen LogP contribution in [0, 0.1) is 0 Å². The van der Waals surface area contributed by atoms with Gasteiger partial charge in [-0.05, 0) is 73.1 Å². The zero-order valence-corrected chi connectivity index (χ0v) is 19.5. The van der Waals surface area contributed by atoms with Crippen molar-refractivity contribution in [2.45, 2.75) is 0 Å². The van der Waals surface area contributed by atoms with Crippen LogP contribution >= 0.6 is 0 Å². The summed E-state index contributed by atoms with van der Waals surface area (Å²) in [7, 11) is 0. The van der Waals surface area contributed by atoms with Gasteiger partial charge in [-0.1, -0.05) is 127 Å². The molecular formula is C38H24O. The van der Waals surface area contributed by atoms with Crippen molar-refractivity contribution < 1.29 is 35.9 Å². The summed E-state index contributed by atoms with van der Waals surface area (Å²) in [5.41, 5.74) is -4.69. The van der Waals surface area contributed by atoms with Gasteiger partial charge in [0, 0.05) is 10.8 Å². The van der Waals surface area contributed by atoms with Crippen LogP contribution in [-0.2, 0) is 0 Å². The van der Waals surface area contributed by atoms with E-state index in [0.717, 1.165) is 6.07 Å². The Balaban J connectivity index is 1.75. The summed E-state index contributed by atoms with van der Waals surface area (Å²) in [4.78, 5) is 0. The van der Waals surface area contributed by atoms with Crippen LogP contribution in [0.25, 0.3) is 76.9 Å². The van der Waals surface area contributed by atoms with E-state index in [0.29, 0.717) is 0 Å². The molecule has 0 aliphatic rings. The van der Waals surface area contributed by atoms with Crippen LogP contribution in [0.2, 0.25) is 0 Å². The Labute approximate surface area is 258 Å². The molecule has 0 bridgehead atoms. The smallest absolute Gasteiger partial charge is 0.136 e. The number of benzene rings is 7. The zero-order chi connectivity index (χ0) is 45.8. The first-order chi connectivity index (χ1) is 28.9. The van der Waals surface area contributed by atoms with E-state index < -0.39 is 210 Å². The molecule has 0 aliphatic carbocycles. The molecule has 1 heteroatoms. The maximum Gasteiger partial charge on any atom is 0.136 e. The molecule has 182 valence electrons. The van der Waals surface area contributed by atoms with E-state index in [2.05, 4.69) is 0 Å². The second kappa shape index (κ2) is 8.72. The number of fused-ring (bicyclic) bond motifs is 5. The fourth-order valence-corrected chi connectivity index (χ4v) is 4.71. The van der Waals surface area contributed by atoms with Crippen molar-refractivity contribution >= 4 is 43.5 Å². The van der Waals surface area contributed by atoms with Crippen LogP contribution in [0.4, 0.5) is 0 Å². The summed E-state index contributed by atoms with van der Waals surface area (Å²) in [6.07, 6.45) is 0. The van der Waals surface area contributed by atoms with Crippen molar-refractivity contribution in [3.05, 3.63) is 145 Å². The Morgan fingerprint density at radius 1 is 0.410 bits per heavy atom. The van der Waals surface area contributed by atoms with Crippen molar-refractivity contribution in [2.24, 2.45) is 0 Å². The highest BCUT2D eigenvalue weighted by atomic mass is 16.3. The van der Waals surface area contributed by atoms with Crippen LogP contribution < -0.4 is 0 Å². The van der Waals surface area contributed by atoms with Crippen LogP contribution in [0.3, 0.4) is 0 Å². The Morgan fingerprint density at radius 2 is 1.05 bits per heavy atom. The van der Waals surface area contributed by atoms with Crippen LogP contribution in [0.5, 0.6) is 0 Å². The summed E-state index contributed by atoms with van der Waals surface area (Å²) in [5, 5.41) is -2.95. The lowest BCUT2D eigenvalue weighted by Gasteiger charge is -2.18. The SMILES string of the molecule is [2H]c1cc2c(-c3c([2H])c([2H])c([2H])c4oc5c([2H])c([2H])c(-c6c([2H])c([2H])c([2H])c([2H])c6[2H])c([2H])c5c34)c3c([2H])c([2H])c([2H])c([2H])c3c(-c3c([2H])c([2H])c([2H])c([2H])c3[2H])c2c([2H])c1[2H]. The van der Waals surface area contributed by atoms with Gasteiger partial charge >= 0.3 is 0 Å². The van der Waals surface area contributed by atoms with E-state index in [9.17, 15) is 6.85 Å². The average Bonchev–Trinajstić information content (AvgIpc) is 3.64. The molecule has 0 aliphatic heterocycles. The quantitative estimate of drug-likeness (QED) is 0.212. The van der Waals surface area contributed by atoms with E-state index in [1.165, 1.54) is 0 Å². The highest BCUT2D eigenvalue weighted by Crippen LogP contribution is 2.47. The molecule has 0 unspecified atom stereocenters. The topological polar surface area (TPSA) is 13.1 Å². The van der Waals surface area contributed by atoms with Crippen molar-refractivity contribution in [1.82, 2.24) is 0 Å². The second-order valence-electron chi connectivity index (χ2n) is 8.34. The van der Waals surface area contributed by atoms with Gasteiger partial charge in [-0.15, -0.1) is 0 Å². The second-order valence-corrected chi connectivity index (χ2v) is 8.34. The molecule has 8 rings (SSSR count). The maximum absolute atomic E-state index is 9.50. The number of hydrogen-bond donors (Lipinski definition) is 0. The molecular weight excluding hydrogens is 472 g/mol. The van der Waals surface area contributed by atoms with E-state index >= 15 is 0 Å². The molecule has 0 fully saturated rings. The normalized spacial score (nSPS) is 19.8. The van der Waals surface area contributed by atoms with Gasteiger partial charge in [-0.2, -0.15) is 0 Å². The number of hydrogen-bond acceptors (Lipinski definition) is 1. The third-order valence-electron chi connectivity index (χ3n) is 6.28. The molecule has 1 heterocycles. The fourth-order valence-electron chi connectivity index (χ4n) is 4.71. The van der Waals surface area contributed by atoms with Gasteiger partial charge in [0.05, 0.1) is 31.5 Å². The van der Waals surface area contributed by atoms with Crippen LogP contribution in [-0.4, -0.2) is 0 Å². The van der Waals surface area contributed by atoms with Crippen molar-refractivity contribution in [1.29, 1.82) is 0 Å². The van der Waals surface area contributed by atoms with Gasteiger partial charge in [0.1, 0.15) is 11.2 Å². The molecule has 0 saturated heterocycles. The van der Waals surface area contributed by atoms with Gasteiger partial charge in [0.2, 0.25) is 0 Å². The minimum Gasteiger partial charge on any atom is -0.456 e. The summed E-state index contributed by atoms with van der Waals surface area (Å²) in [6, 6.07) is -18.1. The minimum absolute atomic E-state index is 0.378. The molecule has 0 N–H and O–H groups in total. The number of furan rings is 1. The third-order valence-corrected chi connectivity index (χ3v) is 6.28. The standard InChI is InChI=1S/C38H24O/c1-3-12-25(13-4-1)27-22-23-34-33(24-27)38-32(20-11-21-35(38)39-34)37-30-18-9-7-16-28(30)36(26-14-5-2-6-15-26)29-17-8-10-19-31(29)37/h1-24H/i1D,2D,3D,4D,5D,6D,7D,8D,9D,10D,11D,12D,13D,14D,15D,16D,17D,18D,20D,21D,22D,23D,24D. The molecule has 8 aromatic rings. The average molecular weight is 520 g/mol. The molecule has 0 atom stereocenters. The van der Waals surface area contributed by atoms with Gasteiger partial charge in [0.25, 0.3) is 0 Å². The molecule has 1 nitrogen and oxygen atoms in total. The minimum atomic E-state index is -0.887. The molecule has 0 spiro atoms. The van der Waals surface area contributed by atoms with Gasteiger partial charge in [0.15, 0.2) is 0 Å². The summed E-state index contributed by atoms with van der Waals surface area (Å²) >= 11 is 0. The van der Waals surface area contributed by atoms with Crippen molar-refractivity contribution in [3.63, 3.8) is 0 Å². The van der Waals surface area contributed by atoms with E-state index in [-0.39, 0.29) is 5.39 Å². The van der Waals surface area contributed by atoms with Crippen molar-refractivity contribution in [3.8, 4) is 33.4 Å². The summed E-state index contributed by atoms with van der Waals surface area (Å²) in [6.45, 7) is 0. The van der Waals surface area contributed by atoms with E-state index in [1.807, 2.05) is 0 Å². The van der Waals surface area contributed by atoms with Crippen molar-refractivity contribution in [2.75, 3.05) is 0 Å². The fraction of sp³-hybridized carbons (Fsp3) is 0. The Hall–Kier alpha value is -5.14. The maximum atomic E-state index is 9.50. The molecule has 39 heavy (non-hydrogen) atoms. The van der Waals surface area contributed by atoms with Gasteiger partial charge in [-0.3, -0.25) is 0 Å². The van der Waals surface area contributed by atoms with E-state index in [1.54, 1.807) is 0 Å². The first-order valence-electron chi connectivity index (χ1n) is 23.0. The lowest BCUT2D eigenvalue weighted by molar-refractivity contribution is 0.669. The van der Waals surface area contributed by atoms with Gasteiger partial charge < -0.3 is 4.42 Å². The molecule has 0 radical (unpaired) electrons. The largest absolute Gasteiger partial charge is 0.456 e. The summed E-state index contributed by atoms with van der Waals surface area (Å²) in [5.74, 6) is 0. The first-order valence-corrected chi connectivity index (χ1v) is 11.5. The van der Waals surface area contributed by atoms with Crippen LogP contribution in [0.1, 0.15) is 31.5 Å². The Bertz CT molecular complexity index is 3390. The predicted octanol–water partition coefficient (Wildman–Crippen LogP) is 10.9. The molecule has 0 amide bonds. The highest BCUT2D eigenvalue weighted by molar-refractivity contribution is 6.25. The predicted molar refractivity (Wildman–Crippen MR) is 165 cm³/mol. The monoisotopic (exact) mass is 519 g/mol. The Morgan fingerprint density at radius 3 is 1.82 bits per heavy atom. The lowest BCUT2D eigenvalue weighted by Crippen LogP contribution is -1.91. The third kappa shape index (κ3) is 3.41. The molecule has 0 saturated carbocycles. The highest BCUT2D eigenvalue weighted by Gasteiger charge is 2.20. The van der Waals surface area contributed by atoms with Gasteiger partial charge in [-0.25, -0.2) is 0 Å². The summed E-state index contributed by atoms with van der Waals surface area (Å²) < 4.78 is 208. The first kappa shape index (κ1) is 8.97. The Kier molecular flexibility index (Phi) is 2.00. The molecule has 1 aromatic heterocycles.